The molecule has 1 saturated heterocycles. The summed E-state index contributed by atoms with van der Waals surface area (Å²) in [4.78, 5) is 25.8. The summed E-state index contributed by atoms with van der Waals surface area (Å²) >= 11 is 0. The third-order valence-electron chi connectivity index (χ3n) is 4.95. The largest absolute Gasteiger partial charge is 0.481 e. The summed E-state index contributed by atoms with van der Waals surface area (Å²) in [7, 11) is 0. The van der Waals surface area contributed by atoms with Gasteiger partial charge in [0.25, 0.3) is 0 Å². The van der Waals surface area contributed by atoms with Gasteiger partial charge in [0, 0.05) is 32.7 Å². The first-order chi connectivity index (χ1) is 11.1. The molecule has 1 unspecified atom stereocenters. The molecule has 0 radical (unpaired) electrons. The van der Waals surface area contributed by atoms with Gasteiger partial charge in [-0.05, 0) is 36.3 Å². The van der Waals surface area contributed by atoms with Crippen LogP contribution in [0, 0.1) is 5.92 Å². The Kier molecular flexibility index (Phi) is 4.96. The van der Waals surface area contributed by atoms with Crippen molar-refractivity contribution in [3.05, 3.63) is 35.4 Å². The van der Waals surface area contributed by atoms with Crippen LogP contribution in [0.5, 0.6) is 0 Å². The second kappa shape index (κ2) is 7.13. The number of amides is 1. The minimum atomic E-state index is -0.862. The molecule has 5 nitrogen and oxygen atoms in total. The second-order valence-electron chi connectivity index (χ2n) is 6.46. The van der Waals surface area contributed by atoms with Gasteiger partial charge >= 0.3 is 5.97 Å². The van der Waals surface area contributed by atoms with Crippen LogP contribution in [0.25, 0.3) is 0 Å². The van der Waals surface area contributed by atoms with Gasteiger partial charge in [0.1, 0.15) is 0 Å². The van der Waals surface area contributed by atoms with E-state index in [1.54, 1.807) is 4.90 Å². The zero-order valence-electron chi connectivity index (χ0n) is 13.2. The van der Waals surface area contributed by atoms with Gasteiger partial charge in [-0.15, -0.1) is 0 Å². The summed E-state index contributed by atoms with van der Waals surface area (Å²) in [6, 6.07) is 7.53. The summed E-state index contributed by atoms with van der Waals surface area (Å²) in [5, 5.41) is 9.47. The van der Waals surface area contributed by atoms with Crippen molar-refractivity contribution >= 4 is 11.9 Å². The standard InChI is InChI=1S/C18H23NO4/c20-17(6-5-13-7-9-23-10-8-13)19-11-14-3-1-2-4-15(14)16(12-19)18(21)22/h1-4,13,16H,5-12H2,(H,21,22). The maximum absolute atomic E-state index is 12.5. The van der Waals surface area contributed by atoms with Gasteiger partial charge in [0.15, 0.2) is 0 Å². The van der Waals surface area contributed by atoms with Crippen LogP contribution in [-0.4, -0.2) is 41.6 Å². The van der Waals surface area contributed by atoms with Crippen molar-refractivity contribution in [2.45, 2.75) is 38.1 Å². The summed E-state index contributed by atoms with van der Waals surface area (Å²) in [5.41, 5.74) is 1.79. The summed E-state index contributed by atoms with van der Waals surface area (Å²) in [6.07, 6.45) is 3.42. The number of fused-ring (bicyclic) bond motifs is 1. The highest BCUT2D eigenvalue weighted by atomic mass is 16.5. The molecule has 3 rings (SSSR count). The number of rotatable bonds is 4. The molecular formula is C18H23NO4. The SMILES string of the molecule is O=C(O)C1CN(C(=O)CCC2CCOCC2)Cc2ccccc21. The molecule has 1 aromatic carbocycles. The van der Waals surface area contributed by atoms with E-state index in [0.717, 1.165) is 43.6 Å². The molecule has 0 saturated carbocycles. The first-order valence-electron chi connectivity index (χ1n) is 8.31. The lowest BCUT2D eigenvalue weighted by molar-refractivity contribution is -0.141. The zero-order valence-corrected chi connectivity index (χ0v) is 13.2. The molecule has 1 fully saturated rings. The quantitative estimate of drug-likeness (QED) is 0.926. The average molecular weight is 317 g/mol. The highest BCUT2D eigenvalue weighted by Crippen LogP contribution is 2.29. The van der Waals surface area contributed by atoms with Crippen molar-refractivity contribution in [3.63, 3.8) is 0 Å². The minimum absolute atomic E-state index is 0.0669. The van der Waals surface area contributed by atoms with Gasteiger partial charge in [-0.2, -0.15) is 0 Å². The molecule has 1 N–H and O–H groups in total. The first-order valence-corrected chi connectivity index (χ1v) is 8.31. The summed E-state index contributed by atoms with van der Waals surface area (Å²) < 4.78 is 5.34. The smallest absolute Gasteiger partial charge is 0.312 e. The number of hydrogen-bond acceptors (Lipinski definition) is 3. The second-order valence-corrected chi connectivity index (χ2v) is 6.46. The third kappa shape index (κ3) is 3.72. The molecule has 23 heavy (non-hydrogen) atoms. The zero-order chi connectivity index (χ0) is 16.2. The van der Waals surface area contributed by atoms with Gasteiger partial charge in [-0.25, -0.2) is 0 Å². The van der Waals surface area contributed by atoms with Crippen LogP contribution in [0.4, 0.5) is 0 Å². The molecule has 0 aliphatic carbocycles. The molecule has 2 aliphatic rings. The highest BCUT2D eigenvalue weighted by Gasteiger charge is 2.32. The van der Waals surface area contributed by atoms with E-state index in [0.29, 0.717) is 18.9 Å². The number of ether oxygens (including phenoxy) is 1. The molecule has 0 bridgehead atoms. The molecule has 124 valence electrons. The fourth-order valence-electron chi connectivity index (χ4n) is 3.53. The van der Waals surface area contributed by atoms with E-state index in [1.165, 1.54) is 0 Å². The van der Waals surface area contributed by atoms with Gasteiger partial charge in [0.05, 0.1) is 5.92 Å². The van der Waals surface area contributed by atoms with Gasteiger partial charge < -0.3 is 14.7 Å². The molecule has 2 aliphatic heterocycles. The lowest BCUT2D eigenvalue weighted by Crippen LogP contribution is -2.40. The predicted molar refractivity (Wildman–Crippen MR) is 85.0 cm³/mol. The van der Waals surface area contributed by atoms with Crippen molar-refractivity contribution in [1.82, 2.24) is 4.90 Å². The Hall–Kier alpha value is -1.88. The number of carbonyl (C=O) groups excluding carboxylic acids is 1. The lowest BCUT2D eigenvalue weighted by Gasteiger charge is -2.33. The number of carbonyl (C=O) groups is 2. The van der Waals surface area contributed by atoms with E-state index < -0.39 is 11.9 Å². The van der Waals surface area contributed by atoms with Crippen LogP contribution in [0.3, 0.4) is 0 Å². The molecule has 2 heterocycles. The van der Waals surface area contributed by atoms with E-state index in [2.05, 4.69) is 0 Å². The number of hydrogen-bond donors (Lipinski definition) is 1. The number of carboxylic acid groups (broad SMARTS) is 1. The first kappa shape index (κ1) is 16.0. The molecule has 0 spiro atoms. The van der Waals surface area contributed by atoms with E-state index >= 15 is 0 Å². The number of aliphatic carboxylic acids is 1. The topological polar surface area (TPSA) is 66.8 Å². The van der Waals surface area contributed by atoms with Crippen LogP contribution in [0.2, 0.25) is 0 Å². The summed E-state index contributed by atoms with van der Waals surface area (Å²) in [6.45, 7) is 2.37. The molecule has 5 heteroatoms. The van der Waals surface area contributed by atoms with Crippen molar-refractivity contribution in [2.24, 2.45) is 5.92 Å². The molecule has 1 aromatic rings. The van der Waals surface area contributed by atoms with E-state index in [4.69, 9.17) is 4.74 Å². The maximum Gasteiger partial charge on any atom is 0.312 e. The Bertz CT molecular complexity index is 580. The Morgan fingerprint density at radius 2 is 1.96 bits per heavy atom. The fourth-order valence-corrected chi connectivity index (χ4v) is 3.53. The van der Waals surface area contributed by atoms with Crippen molar-refractivity contribution < 1.29 is 19.4 Å². The third-order valence-corrected chi connectivity index (χ3v) is 4.95. The van der Waals surface area contributed by atoms with Crippen molar-refractivity contribution in [3.8, 4) is 0 Å². The van der Waals surface area contributed by atoms with Gasteiger partial charge in [0.2, 0.25) is 5.91 Å². The molecule has 0 aromatic heterocycles. The maximum atomic E-state index is 12.5. The Balaban J connectivity index is 1.64. The van der Waals surface area contributed by atoms with Crippen LogP contribution in [-0.2, 0) is 20.9 Å². The number of nitrogens with zero attached hydrogens (tertiary/aromatic N) is 1. The molecule has 1 amide bonds. The van der Waals surface area contributed by atoms with Crippen LogP contribution in [0.15, 0.2) is 24.3 Å². The van der Waals surface area contributed by atoms with Crippen LogP contribution >= 0.6 is 0 Å². The van der Waals surface area contributed by atoms with Crippen molar-refractivity contribution in [1.29, 1.82) is 0 Å². The monoisotopic (exact) mass is 317 g/mol. The van der Waals surface area contributed by atoms with Crippen LogP contribution < -0.4 is 0 Å². The van der Waals surface area contributed by atoms with Crippen LogP contribution in [0.1, 0.15) is 42.7 Å². The number of carboxylic acids is 1. The average Bonchev–Trinajstić information content (AvgIpc) is 2.59. The van der Waals surface area contributed by atoms with Gasteiger partial charge in [-0.3, -0.25) is 9.59 Å². The van der Waals surface area contributed by atoms with E-state index in [-0.39, 0.29) is 12.5 Å². The molecule has 1 atom stereocenters. The van der Waals surface area contributed by atoms with Crippen molar-refractivity contribution in [2.75, 3.05) is 19.8 Å². The van der Waals surface area contributed by atoms with E-state index in [9.17, 15) is 14.7 Å². The van der Waals surface area contributed by atoms with E-state index in [1.807, 2.05) is 24.3 Å². The van der Waals surface area contributed by atoms with Gasteiger partial charge in [-0.1, -0.05) is 24.3 Å². The highest BCUT2D eigenvalue weighted by molar-refractivity contribution is 5.81. The Labute approximate surface area is 136 Å². The summed E-state index contributed by atoms with van der Waals surface area (Å²) in [5.74, 6) is -0.858. The Morgan fingerprint density at radius 1 is 1.22 bits per heavy atom. The minimum Gasteiger partial charge on any atom is -0.481 e. The predicted octanol–water partition coefficient (Wildman–Crippen LogP) is 2.40. The Morgan fingerprint density at radius 3 is 2.70 bits per heavy atom. The number of benzene rings is 1. The lowest BCUT2D eigenvalue weighted by atomic mass is 9.89. The normalized spacial score (nSPS) is 21.7. The molecular weight excluding hydrogens is 294 g/mol. The fraction of sp³-hybridized carbons (Fsp3) is 0.556.